The van der Waals surface area contributed by atoms with Gasteiger partial charge in [0.2, 0.25) is 0 Å². The molecular formula is C24H20N2O. The van der Waals surface area contributed by atoms with Gasteiger partial charge in [0.1, 0.15) is 0 Å². The van der Waals surface area contributed by atoms with Crippen LogP contribution in [0.3, 0.4) is 0 Å². The minimum absolute atomic E-state index is 0.118. The fourth-order valence-corrected chi connectivity index (χ4v) is 3.13. The molecule has 0 spiro atoms. The molecule has 1 N–H and O–H groups in total. The molecule has 1 heterocycles. The van der Waals surface area contributed by atoms with E-state index in [1.54, 1.807) is 0 Å². The third kappa shape index (κ3) is 3.58. The third-order valence-corrected chi connectivity index (χ3v) is 4.71. The molecule has 0 radical (unpaired) electrons. The molecule has 1 amide bonds. The van der Waals surface area contributed by atoms with Gasteiger partial charge in [0.15, 0.2) is 0 Å². The molecule has 0 aliphatic rings. The molecule has 3 aromatic carbocycles. The van der Waals surface area contributed by atoms with Crippen molar-refractivity contribution >= 4 is 22.4 Å². The van der Waals surface area contributed by atoms with Gasteiger partial charge in [0, 0.05) is 28.4 Å². The van der Waals surface area contributed by atoms with E-state index >= 15 is 0 Å². The summed E-state index contributed by atoms with van der Waals surface area (Å²) in [4.78, 5) is 17.2. The largest absolute Gasteiger partial charge is 0.321 e. The molecule has 0 fully saturated rings. The molecule has 0 aliphatic carbocycles. The Balaban J connectivity index is 1.55. The molecular weight excluding hydrogens is 332 g/mol. The van der Waals surface area contributed by atoms with Gasteiger partial charge in [-0.3, -0.25) is 9.78 Å². The van der Waals surface area contributed by atoms with Crippen molar-refractivity contribution in [3.63, 3.8) is 0 Å². The molecule has 1 aromatic heterocycles. The number of aryl methyl sites for hydroxylation is 1. The van der Waals surface area contributed by atoms with E-state index in [1.807, 2.05) is 79.0 Å². The first-order valence-electron chi connectivity index (χ1n) is 9.09. The number of rotatable bonds is 4. The number of pyridine rings is 1. The van der Waals surface area contributed by atoms with Gasteiger partial charge >= 0.3 is 0 Å². The Hall–Kier alpha value is -3.46. The van der Waals surface area contributed by atoms with Crippen LogP contribution in [0.15, 0.2) is 85.1 Å². The van der Waals surface area contributed by atoms with Crippen molar-refractivity contribution in [1.29, 1.82) is 0 Å². The highest BCUT2D eigenvalue weighted by molar-refractivity contribution is 6.09. The number of hydrogen-bond donors (Lipinski definition) is 1. The zero-order chi connectivity index (χ0) is 18.6. The van der Waals surface area contributed by atoms with Gasteiger partial charge < -0.3 is 5.32 Å². The second-order valence-electron chi connectivity index (χ2n) is 6.46. The van der Waals surface area contributed by atoms with E-state index in [0.29, 0.717) is 5.56 Å². The van der Waals surface area contributed by atoms with Crippen LogP contribution < -0.4 is 5.32 Å². The highest BCUT2D eigenvalue weighted by Crippen LogP contribution is 2.24. The number of nitrogens with zero attached hydrogens (tertiary/aromatic N) is 1. The maximum absolute atomic E-state index is 12.7. The SMILES string of the molecule is CCc1ccc(-c2ccc(C(=O)Nc3cccc4ccccc34)cc2)nc1. The number of nitrogens with one attached hydrogen (secondary N) is 1. The van der Waals surface area contributed by atoms with Crippen molar-refractivity contribution in [3.05, 3.63) is 96.2 Å². The first-order chi connectivity index (χ1) is 13.2. The lowest BCUT2D eigenvalue weighted by molar-refractivity contribution is 0.102. The first-order valence-corrected chi connectivity index (χ1v) is 9.09. The Bertz CT molecular complexity index is 1080. The Morgan fingerprint density at radius 1 is 0.889 bits per heavy atom. The van der Waals surface area contributed by atoms with Crippen LogP contribution in [0.25, 0.3) is 22.0 Å². The number of benzene rings is 3. The van der Waals surface area contributed by atoms with Gasteiger partial charge in [0.25, 0.3) is 5.91 Å². The number of amides is 1. The Morgan fingerprint density at radius 2 is 1.67 bits per heavy atom. The van der Waals surface area contributed by atoms with E-state index in [0.717, 1.165) is 34.1 Å². The third-order valence-electron chi connectivity index (χ3n) is 4.71. The summed E-state index contributed by atoms with van der Waals surface area (Å²) in [5, 5.41) is 5.16. The van der Waals surface area contributed by atoms with E-state index in [2.05, 4.69) is 23.3 Å². The molecule has 0 saturated carbocycles. The minimum atomic E-state index is -0.118. The summed E-state index contributed by atoms with van der Waals surface area (Å²) in [5.74, 6) is -0.118. The summed E-state index contributed by atoms with van der Waals surface area (Å²) in [6.07, 6.45) is 2.87. The fourth-order valence-electron chi connectivity index (χ4n) is 3.13. The van der Waals surface area contributed by atoms with Gasteiger partial charge in [-0.1, -0.05) is 61.5 Å². The number of aromatic nitrogens is 1. The second-order valence-corrected chi connectivity index (χ2v) is 6.46. The van der Waals surface area contributed by atoms with E-state index in [-0.39, 0.29) is 5.91 Å². The molecule has 0 aliphatic heterocycles. The van der Waals surface area contributed by atoms with Gasteiger partial charge in [-0.05, 0) is 41.6 Å². The molecule has 3 heteroatoms. The standard InChI is InChI=1S/C24H20N2O/c1-2-17-10-15-22(25-16-17)19-11-13-20(14-12-19)24(27)26-23-9-5-7-18-6-3-4-8-21(18)23/h3-16H,2H2,1H3,(H,26,27). The summed E-state index contributed by atoms with van der Waals surface area (Å²) in [7, 11) is 0. The maximum Gasteiger partial charge on any atom is 0.255 e. The highest BCUT2D eigenvalue weighted by atomic mass is 16.1. The van der Waals surface area contributed by atoms with E-state index in [1.165, 1.54) is 5.56 Å². The van der Waals surface area contributed by atoms with Crippen LogP contribution >= 0.6 is 0 Å². The smallest absolute Gasteiger partial charge is 0.255 e. The van der Waals surface area contributed by atoms with Gasteiger partial charge in [-0.25, -0.2) is 0 Å². The van der Waals surface area contributed by atoms with Crippen LogP contribution in [-0.2, 0) is 6.42 Å². The highest BCUT2D eigenvalue weighted by Gasteiger charge is 2.09. The van der Waals surface area contributed by atoms with Crippen LogP contribution in [0, 0.1) is 0 Å². The van der Waals surface area contributed by atoms with Crippen molar-refractivity contribution in [1.82, 2.24) is 4.98 Å². The zero-order valence-electron chi connectivity index (χ0n) is 15.1. The van der Waals surface area contributed by atoms with Crippen molar-refractivity contribution < 1.29 is 4.79 Å². The van der Waals surface area contributed by atoms with Crippen LogP contribution in [-0.4, -0.2) is 10.9 Å². The number of fused-ring (bicyclic) bond motifs is 1. The second kappa shape index (κ2) is 7.42. The molecule has 4 rings (SSSR count). The normalized spacial score (nSPS) is 10.7. The number of hydrogen-bond acceptors (Lipinski definition) is 2. The predicted molar refractivity (Wildman–Crippen MR) is 111 cm³/mol. The van der Waals surface area contributed by atoms with E-state index in [4.69, 9.17) is 0 Å². The average molecular weight is 352 g/mol. The number of anilines is 1. The lowest BCUT2D eigenvalue weighted by Gasteiger charge is -2.09. The quantitative estimate of drug-likeness (QED) is 0.510. The van der Waals surface area contributed by atoms with Crippen molar-refractivity contribution in [2.24, 2.45) is 0 Å². The maximum atomic E-state index is 12.7. The summed E-state index contributed by atoms with van der Waals surface area (Å²) < 4.78 is 0. The average Bonchev–Trinajstić information content (AvgIpc) is 2.74. The molecule has 0 saturated heterocycles. The minimum Gasteiger partial charge on any atom is -0.321 e. The monoisotopic (exact) mass is 352 g/mol. The molecule has 132 valence electrons. The van der Waals surface area contributed by atoms with Gasteiger partial charge in [-0.2, -0.15) is 0 Å². The fraction of sp³-hybridized carbons (Fsp3) is 0.0833. The van der Waals surface area contributed by atoms with Crippen molar-refractivity contribution in [2.75, 3.05) is 5.32 Å². The van der Waals surface area contributed by atoms with Crippen LogP contribution in [0.5, 0.6) is 0 Å². The van der Waals surface area contributed by atoms with Crippen LogP contribution in [0.2, 0.25) is 0 Å². The van der Waals surface area contributed by atoms with Crippen molar-refractivity contribution in [2.45, 2.75) is 13.3 Å². The molecule has 27 heavy (non-hydrogen) atoms. The Labute approximate surface area is 158 Å². The van der Waals surface area contributed by atoms with Gasteiger partial charge in [-0.15, -0.1) is 0 Å². The number of carbonyl (C=O) groups is 1. The van der Waals surface area contributed by atoms with Crippen LogP contribution in [0.4, 0.5) is 5.69 Å². The molecule has 0 bridgehead atoms. The molecule has 3 nitrogen and oxygen atoms in total. The molecule has 0 atom stereocenters. The van der Waals surface area contributed by atoms with E-state index in [9.17, 15) is 4.79 Å². The summed E-state index contributed by atoms with van der Waals surface area (Å²) in [6, 6.07) is 25.6. The summed E-state index contributed by atoms with van der Waals surface area (Å²) >= 11 is 0. The number of carbonyl (C=O) groups excluding carboxylic acids is 1. The summed E-state index contributed by atoms with van der Waals surface area (Å²) in [6.45, 7) is 2.11. The predicted octanol–water partition coefficient (Wildman–Crippen LogP) is 5.72. The van der Waals surface area contributed by atoms with Crippen LogP contribution in [0.1, 0.15) is 22.8 Å². The summed E-state index contributed by atoms with van der Waals surface area (Å²) in [5.41, 5.74) is 4.56. The Morgan fingerprint density at radius 3 is 2.41 bits per heavy atom. The topological polar surface area (TPSA) is 42.0 Å². The van der Waals surface area contributed by atoms with E-state index < -0.39 is 0 Å². The van der Waals surface area contributed by atoms with Gasteiger partial charge in [0.05, 0.1) is 5.69 Å². The molecule has 0 unspecified atom stereocenters. The zero-order valence-corrected chi connectivity index (χ0v) is 15.1. The lowest BCUT2D eigenvalue weighted by atomic mass is 10.1. The Kier molecular flexibility index (Phi) is 4.67. The lowest BCUT2D eigenvalue weighted by Crippen LogP contribution is -2.12. The molecule has 4 aromatic rings. The van der Waals surface area contributed by atoms with Crippen molar-refractivity contribution in [3.8, 4) is 11.3 Å². The first kappa shape index (κ1) is 17.0.